The van der Waals surface area contributed by atoms with Crippen LogP contribution in [0, 0.1) is 0 Å². The molecule has 0 aromatic carbocycles. The minimum atomic E-state index is -0.0532. The molecule has 44 valence electrons. The highest BCUT2D eigenvalue weighted by Crippen LogP contribution is 1.67. The van der Waals surface area contributed by atoms with Crippen LogP contribution in [0.5, 0.6) is 0 Å². The summed E-state index contributed by atoms with van der Waals surface area (Å²) in [5, 5.41) is 0. The standard InChI is InChI=1S/C5H5NO.FH/c7-5-3-1-2-4-6-5;/h1-4H,(H,6,7);1H. The average Bonchev–Trinajstić information content (AvgIpc) is 1.69. The lowest BCUT2D eigenvalue weighted by atomic mass is 10.5. The van der Waals surface area contributed by atoms with Crippen molar-refractivity contribution in [2.24, 2.45) is 0 Å². The number of aromatic nitrogens is 1. The van der Waals surface area contributed by atoms with Gasteiger partial charge < -0.3 is 4.98 Å². The fourth-order valence-electron chi connectivity index (χ4n) is 0.377. The Morgan fingerprint density at radius 3 is 2.38 bits per heavy atom. The Hall–Kier alpha value is -1.12. The molecule has 1 aromatic rings. The molecule has 1 rings (SSSR count). The zero-order valence-electron chi connectivity index (χ0n) is 4.13. The van der Waals surface area contributed by atoms with Crippen LogP contribution in [0.3, 0.4) is 0 Å². The third-order valence-corrected chi connectivity index (χ3v) is 0.681. The first kappa shape index (κ1) is 6.88. The second-order valence-electron chi connectivity index (χ2n) is 1.23. The molecule has 0 amide bonds. The van der Waals surface area contributed by atoms with Gasteiger partial charge in [-0.05, 0) is 6.07 Å². The van der Waals surface area contributed by atoms with Gasteiger partial charge in [-0.1, -0.05) is 6.07 Å². The number of pyridine rings is 1. The van der Waals surface area contributed by atoms with Crippen molar-refractivity contribution in [1.82, 2.24) is 4.98 Å². The first-order chi connectivity index (χ1) is 3.39. The lowest BCUT2D eigenvalue weighted by molar-refractivity contribution is 1.11. The van der Waals surface area contributed by atoms with Gasteiger partial charge in [-0.3, -0.25) is 9.50 Å². The van der Waals surface area contributed by atoms with Crippen molar-refractivity contribution in [2.75, 3.05) is 0 Å². The number of nitrogens with one attached hydrogen (secondary N) is 1. The first-order valence-electron chi connectivity index (χ1n) is 2.03. The molecule has 0 aliphatic heterocycles. The molecule has 0 aliphatic rings. The van der Waals surface area contributed by atoms with Crippen LogP contribution in [-0.2, 0) is 0 Å². The van der Waals surface area contributed by atoms with E-state index in [9.17, 15) is 4.79 Å². The molecule has 0 saturated carbocycles. The zero-order chi connectivity index (χ0) is 5.11. The Balaban J connectivity index is 0.000000490. The largest absolute Gasteiger partial charge is 0.329 e. The van der Waals surface area contributed by atoms with E-state index in [1.54, 1.807) is 18.3 Å². The van der Waals surface area contributed by atoms with Crippen LogP contribution < -0.4 is 5.56 Å². The van der Waals surface area contributed by atoms with Crippen LogP contribution in [0.4, 0.5) is 4.70 Å². The molecule has 0 unspecified atom stereocenters. The zero-order valence-corrected chi connectivity index (χ0v) is 4.13. The van der Waals surface area contributed by atoms with Crippen molar-refractivity contribution in [3.05, 3.63) is 34.7 Å². The summed E-state index contributed by atoms with van der Waals surface area (Å²) in [6.45, 7) is 0. The summed E-state index contributed by atoms with van der Waals surface area (Å²) in [5.74, 6) is 0. The van der Waals surface area contributed by atoms with Gasteiger partial charge in [0.1, 0.15) is 0 Å². The number of aromatic amines is 1. The van der Waals surface area contributed by atoms with Crippen LogP contribution in [-0.4, -0.2) is 4.98 Å². The van der Waals surface area contributed by atoms with Gasteiger partial charge in [-0.15, -0.1) is 0 Å². The van der Waals surface area contributed by atoms with E-state index in [-0.39, 0.29) is 10.3 Å². The van der Waals surface area contributed by atoms with Gasteiger partial charge in [0.05, 0.1) is 0 Å². The maximum Gasteiger partial charge on any atom is 0.247 e. The molecule has 0 saturated heterocycles. The summed E-state index contributed by atoms with van der Waals surface area (Å²) in [6, 6.07) is 4.93. The van der Waals surface area contributed by atoms with Crippen LogP contribution >= 0.6 is 0 Å². The predicted octanol–water partition coefficient (Wildman–Crippen LogP) is 0.527. The molecule has 0 fully saturated rings. The van der Waals surface area contributed by atoms with Crippen molar-refractivity contribution in [3.63, 3.8) is 0 Å². The molecular weight excluding hydrogens is 109 g/mol. The lowest BCUT2D eigenvalue weighted by Gasteiger charge is -1.73. The maximum atomic E-state index is 10.2. The minimum Gasteiger partial charge on any atom is -0.329 e. The molecule has 0 radical (unpaired) electrons. The van der Waals surface area contributed by atoms with Crippen molar-refractivity contribution in [1.29, 1.82) is 0 Å². The predicted molar refractivity (Wildman–Crippen MR) is 29.6 cm³/mol. The monoisotopic (exact) mass is 115 g/mol. The van der Waals surface area contributed by atoms with Crippen LogP contribution in [0.2, 0.25) is 0 Å². The molecular formula is C5H6FNO. The molecule has 0 bridgehead atoms. The van der Waals surface area contributed by atoms with Crippen LogP contribution in [0.25, 0.3) is 0 Å². The molecule has 8 heavy (non-hydrogen) atoms. The van der Waals surface area contributed by atoms with E-state index < -0.39 is 0 Å². The highest BCUT2D eigenvalue weighted by Gasteiger charge is 1.69. The Kier molecular flexibility index (Phi) is 2.54. The first-order valence-corrected chi connectivity index (χ1v) is 2.03. The molecule has 0 spiro atoms. The molecule has 0 atom stereocenters. The Morgan fingerprint density at radius 1 is 1.38 bits per heavy atom. The van der Waals surface area contributed by atoms with E-state index in [1.165, 1.54) is 6.07 Å². The highest BCUT2D eigenvalue weighted by molar-refractivity contribution is 4.89. The van der Waals surface area contributed by atoms with E-state index in [4.69, 9.17) is 0 Å². The molecule has 0 aliphatic carbocycles. The molecule has 3 heteroatoms. The van der Waals surface area contributed by atoms with Gasteiger partial charge in [0.15, 0.2) is 0 Å². The van der Waals surface area contributed by atoms with Gasteiger partial charge in [0.2, 0.25) is 5.56 Å². The normalized spacial score (nSPS) is 7.50. The summed E-state index contributed by atoms with van der Waals surface area (Å²) in [5.41, 5.74) is -0.0532. The Bertz CT molecular complexity index is 178. The van der Waals surface area contributed by atoms with Gasteiger partial charge in [0, 0.05) is 12.3 Å². The van der Waals surface area contributed by atoms with Crippen LogP contribution in [0.1, 0.15) is 0 Å². The topological polar surface area (TPSA) is 32.9 Å². The van der Waals surface area contributed by atoms with Crippen molar-refractivity contribution in [2.45, 2.75) is 0 Å². The summed E-state index contributed by atoms with van der Waals surface area (Å²) >= 11 is 0. The molecule has 1 heterocycles. The van der Waals surface area contributed by atoms with Crippen molar-refractivity contribution in [3.8, 4) is 0 Å². The van der Waals surface area contributed by atoms with E-state index in [1.807, 2.05) is 0 Å². The minimum absolute atomic E-state index is 0. The van der Waals surface area contributed by atoms with E-state index >= 15 is 0 Å². The third-order valence-electron chi connectivity index (χ3n) is 0.681. The SMILES string of the molecule is F.O=c1cccc[nH]1. The fourth-order valence-corrected chi connectivity index (χ4v) is 0.377. The fraction of sp³-hybridized carbons (Fsp3) is 0. The van der Waals surface area contributed by atoms with Crippen molar-refractivity contribution >= 4 is 0 Å². The van der Waals surface area contributed by atoms with Gasteiger partial charge in [-0.2, -0.15) is 0 Å². The second-order valence-corrected chi connectivity index (χ2v) is 1.23. The average molecular weight is 115 g/mol. The van der Waals surface area contributed by atoms with Gasteiger partial charge >= 0.3 is 0 Å². The lowest BCUT2D eigenvalue weighted by Crippen LogP contribution is -1.98. The van der Waals surface area contributed by atoms with E-state index in [2.05, 4.69) is 4.98 Å². The summed E-state index contributed by atoms with van der Waals surface area (Å²) in [6.07, 6.45) is 1.60. The quantitative estimate of drug-likeness (QED) is 0.525. The highest BCUT2D eigenvalue weighted by atomic mass is 19.0. The maximum absolute atomic E-state index is 10.2. The number of H-pyrrole nitrogens is 1. The number of halogens is 1. The number of rotatable bonds is 0. The van der Waals surface area contributed by atoms with Crippen molar-refractivity contribution < 1.29 is 4.70 Å². The number of hydrogen-bond acceptors (Lipinski definition) is 1. The van der Waals surface area contributed by atoms with Gasteiger partial charge in [0.25, 0.3) is 0 Å². The summed E-state index contributed by atoms with van der Waals surface area (Å²) in [7, 11) is 0. The third kappa shape index (κ3) is 1.55. The van der Waals surface area contributed by atoms with E-state index in [0.717, 1.165) is 0 Å². The van der Waals surface area contributed by atoms with E-state index in [0.29, 0.717) is 0 Å². The molecule has 1 aromatic heterocycles. The smallest absolute Gasteiger partial charge is 0.247 e. The summed E-state index contributed by atoms with van der Waals surface area (Å²) in [4.78, 5) is 12.7. The molecule has 1 N–H and O–H groups in total. The Labute approximate surface area is 45.5 Å². The van der Waals surface area contributed by atoms with Crippen LogP contribution in [0.15, 0.2) is 29.2 Å². The number of hydrogen-bond donors (Lipinski definition) is 1. The van der Waals surface area contributed by atoms with Gasteiger partial charge in [-0.25, -0.2) is 0 Å². The second kappa shape index (κ2) is 2.96. The molecule has 2 nitrogen and oxygen atoms in total. The Morgan fingerprint density at radius 2 is 2.12 bits per heavy atom. The summed E-state index contributed by atoms with van der Waals surface area (Å²) < 4.78 is 0.